The zero-order chi connectivity index (χ0) is 34.2. The third kappa shape index (κ3) is 3.96. The van der Waals surface area contributed by atoms with Crippen molar-refractivity contribution in [3.8, 4) is 22.3 Å². The van der Waals surface area contributed by atoms with Gasteiger partial charge in [-0.3, -0.25) is 0 Å². The molecule has 0 unspecified atom stereocenters. The fraction of sp³-hybridized carbons (Fsp3) is 0. The Labute approximate surface area is 306 Å². The summed E-state index contributed by atoms with van der Waals surface area (Å²) in [4.78, 5) is 5.21. The fourth-order valence-electron chi connectivity index (χ4n) is 9.48. The molecule has 0 aliphatic carbocycles. The summed E-state index contributed by atoms with van der Waals surface area (Å²) in [6.45, 7) is -0.0145. The molecule has 3 aliphatic rings. The number of fused-ring (bicyclic) bond motifs is 6. The molecule has 8 aromatic rings. The Bertz CT molecular complexity index is 2610. The molecule has 3 heterocycles. The lowest BCUT2D eigenvalue weighted by Gasteiger charge is -2.52. The molecule has 52 heavy (non-hydrogen) atoms. The molecule has 0 N–H and O–H groups in total. The van der Waals surface area contributed by atoms with E-state index in [2.05, 4.69) is 210 Å². The summed E-state index contributed by atoms with van der Waals surface area (Å²) in [7, 11) is -2.78. The van der Waals surface area contributed by atoms with E-state index in [1.807, 2.05) is 0 Å². The molecule has 0 fully saturated rings. The van der Waals surface area contributed by atoms with E-state index in [9.17, 15) is 0 Å². The van der Waals surface area contributed by atoms with E-state index < -0.39 is 8.07 Å². The van der Waals surface area contributed by atoms with Gasteiger partial charge in [-0.25, -0.2) is 0 Å². The zero-order valence-electron chi connectivity index (χ0n) is 28.5. The predicted octanol–water partition coefficient (Wildman–Crippen LogP) is 7.75. The first-order chi connectivity index (χ1) is 25.8. The summed E-state index contributed by atoms with van der Waals surface area (Å²) in [6.07, 6.45) is 0. The molecule has 3 aliphatic heterocycles. The predicted molar refractivity (Wildman–Crippen MR) is 223 cm³/mol. The van der Waals surface area contributed by atoms with Gasteiger partial charge in [0, 0.05) is 34.0 Å². The number of nitrogens with zero attached hydrogens (tertiary/aromatic N) is 2. The van der Waals surface area contributed by atoms with E-state index in [1.54, 1.807) is 0 Å². The maximum atomic E-state index is 2.71. The molecule has 0 atom stereocenters. The minimum absolute atomic E-state index is 0.0145. The van der Waals surface area contributed by atoms with Crippen molar-refractivity contribution in [2.24, 2.45) is 0 Å². The molecule has 0 aromatic heterocycles. The second-order valence-electron chi connectivity index (χ2n) is 14.0. The van der Waals surface area contributed by atoms with Crippen LogP contribution >= 0.6 is 0 Å². The number of benzene rings is 8. The smallest absolute Gasteiger partial charge is 0.333 e. The molecule has 0 bridgehead atoms. The van der Waals surface area contributed by atoms with Gasteiger partial charge in [-0.15, -0.1) is 0 Å². The van der Waals surface area contributed by atoms with Gasteiger partial charge in [-0.2, -0.15) is 0 Å². The van der Waals surface area contributed by atoms with E-state index in [1.165, 1.54) is 82.4 Å². The molecule has 2 nitrogen and oxygen atoms in total. The van der Waals surface area contributed by atoms with Crippen LogP contribution in [-0.2, 0) is 0 Å². The Morgan fingerprint density at radius 3 is 1.69 bits per heavy atom. The summed E-state index contributed by atoms with van der Waals surface area (Å²) in [5.74, 6) is 0. The van der Waals surface area contributed by atoms with Crippen LogP contribution < -0.4 is 41.4 Å². The van der Waals surface area contributed by atoms with Gasteiger partial charge in [0.1, 0.15) is 0 Å². The van der Waals surface area contributed by atoms with Crippen LogP contribution in [0.3, 0.4) is 0 Å². The topological polar surface area (TPSA) is 6.48 Å². The Kier molecular flexibility index (Phi) is 6.40. The van der Waals surface area contributed by atoms with Gasteiger partial charge < -0.3 is 9.71 Å². The van der Waals surface area contributed by atoms with E-state index in [0.717, 1.165) is 0 Å². The minimum atomic E-state index is -2.78. The van der Waals surface area contributed by atoms with Crippen molar-refractivity contribution >= 4 is 75.0 Å². The van der Waals surface area contributed by atoms with Gasteiger partial charge in [0.2, 0.25) is 0 Å². The summed E-state index contributed by atoms with van der Waals surface area (Å²) in [6, 6.07) is 74.9. The van der Waals surface area contributed by atoms with Crippen molar-refractivity contribution in [3.63, 3.8) is 0 Å². The zero-order valence-corrected chi connectivity index (χ0v) is 29.5. The quantitative estimate of drug-likeness (QED) is 0.176. The average Bonchev–Trinajstić information content (AvgIpc) is 3.23. The fourth-order valence-corrected chi connectivity index (χ4v) is 14.6. The van der Waals surface area contributed by atoms with Crippen LogP contribution in [0.25, 0.3) is 22.3 Å². The monoisotopic (exact) mass is 676 g/mol. The minimum Gasteiger partial charge on any atom is -0.376 e. The normalized spacial score (nSPS) is 14.2. The summed E-state index contributed by atoms with van der Waals surface area (Å²) in [5, 5.41) is 5.70. The Hall–Kier alpha value is -6.36. The van der Waals surface area contributed by atoms with Gasteiger partial charge in [0.05, 0.1) is 0 Å². The summed E-state index contributed by atoms with van der Waals surface area (Å²) < 4.78 is 0. The first-order valence-electron chi connectivity index (χ1n) is 18.1. The molecule has 242 valence electrons. The van der Waals surface area contributed by atoms with Crippen LogP contribution in [0.15, 0.2) is 200 Å². The van der Waals surface area contributed by atoms with Crippen molar-refractivity contribution in [1.29, 1.82) is 0 Å². The summed E-state index contributed by atoms with van der Waals surface area (Å²) in [5.41, 5.74) is 14.0. The molecule has 8 aromatic carbocycles. The van der Waals surface area contributed by atoms with E-state index in [-0.39, 0.29) is 6.85 Å². The number of rotatable bonds is 4. The third-order valence-electron chi connectivity index (χ3n) is 11.5. The van der Waals surface area contributed by atoms with Gasteiger partial charge in [-0.05, 0) is 84.8 Å². The molecular formula is C48H33BN2Si. The lowest BCUT2D eigenvalue weighted by Crippen LogP contribution is -2.79. The lowest BCUT2D eigenvalue weighted by molar-refractivity contribution is 1.27. The van der Waals surface area contributed by atoms with Crippen molar-refractivity contribution in [3.05, 3.63) is 200 Å². The second kappa shape index (κ2) is 11.3. The third-order valence-corrected chi connectivity index (χ3v) is 16.3. The number of anilines is 5. The largest absolute Gasteiger partial charge is 0.376 e. The molecule has 0 spiro atoms. The van der Waals surface area contributed by atoms with E-state index in [0.29, 0.717) is 0 Å². The molecule has 0 amide bonds. The van der Waals surface area contributed by atoms with Gasteiger partial charge >= 0.3 is 6.85 Å². The maximum Gasteiger partial charge on any atom is 0.333 e. The van der Waals surface area contributed by atoms with Crippen LogP contribution in [0, 0.1) is 0 Å². The molecule has 4 heteroatoms. The maximum absolute atomic E-state index is 2.78. The van der Waals surface area contributed by atoms with Crippen molar-refractivity contribution in [1.82, 2.24) is 0 Å². The van der Waals surface area contributed by atoms with Crippen LogP contribution in [0.4, 0.5) is 28.4 Å². The number of hydrogen-bond donors (Lipinski definition) is 0. The highest BCUT2D eigenvalue weighted by Gasteiger charge is 2.54. The van der Waals surface area contributed by atoms with Gasteiger partial charge in [0.25, 0.3) is 0 Å². The summed E-state index contributed by atoms with van der Waals surface area (Å²) >= 11 is 0. The van der Waals surface area contributed by atoms with Crippen LogP contribution in [0.5, 0.6) is 0 Å². The van der Waals surface area contributed by atoms with Crippen LogP contribution in [0.1, 0.15) is 0 Å². The molecular weight excluding hydrogens is 643 g/mol. The highest BCUT2D eigenvalue weighted by atomic mass is 28.3. The standard InChI is InChI=1S/C48H33BN2Si/c1-5-18-34(19-6-1)35-32-40-39-26-17-31-46-48(39)51(49-41-27-13-14-28-42(41)50(44(33-35)47(40)49)36-20-7-2-8-21-36)43-29-15-16-30-45(43)52(46,37-22-9-3-10-23-37)38-24-11-4-12-25-38/h1-33H. The van der Waals surface area contributed by atoms with E-state index >= 15 is 0 Å². The Morgan fingerprint density at radius 2 is 0.981 bits per heavy atom. The average molecular weight is 677 g/mol. The highest BCUT2D eigenvalue weighted by molar-refractivity contribution is 7.22. The molecule has 0 saturated heterocycles. The lowest BCUT2D eigenvalue weighted by atomic mass is 9.43. The highest BCUT2D eigenvalue weighted by Crippen LogP contribution is 2.48. The van der Waals surface area contributed by atoms with E-state index in [4.69, 9.17) is 0 Å². The van der Waals surface area contributed by atoms with Crippen molar-refractivity contribution in [2.45, 2.75) is 0 Å². The van der Waals surface area contributed by atoms with Gasteiger partial charge in [0.15, 0.2) is 8.07 Å². The molecule has 0 saturated carbocycles. The van der Waals surface area contributed by atoms with Gasteiger partial charge in [-0.1, -0.05) is 164 Å². The number of para-hydroxylation sites is 4. The SMILES string of the molecule is c1ccc(-c2cc3c4c(c2)N(c2ccccc2)c2ccccc2B4N2c4ccccc4[Si](c4ccccc4)(c4ccccc4)c4cccc-3c42)cc1. The first kappa shape index (κ1) is 29.4. The van der Waals surface area contributed by atoms with Crippen LogP contribution in [-0.4, -0.2) is 14.9 Å². The van der Waals surface area contributed by atoms with Crippen molar-refractivity contribution in [2.75, 3.05) is 9.71 Å². The van der Waals surface area contributed by atoms with Crippen LogP contribution in [0.2, 0.25) is 0 Å². The Morgan fingerprint density at radius 1 is 0.404 bits per heavy atom. The number of hydrogen-bond acceptors (Lipinski definition) is 2. The van der Waals surface area contributed by atoms with Crippen molar-refractivity contribution < 1.29 is 0 Å². The second-order valence-corrected chi connectivity index (χ2v) is 17.8. The first-order valence-corrected chi connectivity index (χ1v) is 20.1. The molecule has 0 radical (unpaired) electrons. The molecule has 11 rings (SSSR count). The Balaban J connectivity index is 1.32.